The van der Waals surface area contributed by atoms with E-state index in [0.717, 1.165) is 24.4 Å². The fraction of sp³-hybridized carbons (Fsp3) is 0.524. The van der Waals surface area contributed by atoms with Crippen molar-refractivity contribution in [3.63, 3.8) is 0 Å². The fourth-order valence-electron chi connectivity index (χ4n) is 3.69. The van der Waals surface area contributed by atoms with Crippen molar-refractivity contribution in [3.8, 4) is 11.3 Å². The van der Waals surface area contributed by atoms with E-state index in [9.17, 15) is 4.79 Å². The molecule has 0 aliphatic carbocycles. The van der Waals surface area contributed by atoms with E-state index < -0.39 is 0 Å². The van der Waals surface area contributed by atoms with Crippen LogP contribution in [0.1, 0.15) is 43.7 Å². The number of piperidine rings is 1. The van der Waals surface area contributed by atoms with Gasteiger partial charge in [0.15, 0.2) is 11.7 Å². The second-order valence-electron chi connectivity index (χ2n) is 7.66. The smallest absolute Gasteiger partial charge is 0.223 e. The van der Waals surface area contributed by atoms with Gasteiger partial charge in [0, 0.05) is 31.5 Å². The van der Waals surface area contributed by atoms with Crippen molar-refractivity contribution in [2.45, 2.75) is 47.0 Å². The van der Waals surface area contributed by atoms with Crippen LogP contribution in [0.3, 0.4) is 0 Å². The molecule has 0 saturated carbocycles. The molecule has 0 N–H and O–H groups in total. The molecule has 0 radical (unpaired) electrons. The lowest BCUT2D eigenvalue weighted by Gasteiger charge is -2.35. The number of carbonyl (C=O) groups excluding carboxylic acids is 1. The molecule has 1 aliphatic rings. The molecule has 1 aliphatic heterocycles. The van der Waals surface area contributed by atoms with Gasteiger partial charge in [0.2, 0.25) is 5.91 Å². The first-order valence-corrected chi connectivity index (χ1v) is 9.22. The van der Waals surface area contributed by atoms with Crippen molar-refractivity contribution in [1.82, 2.24) is 9.88 Å². The van der Waals surface area contributed by atoms with Crippen molar-refractivity contribution >= 4 is 5.91 Å². The normalized spacial score (nSPS) is 20.7. The largest absolute Gasteiger partial charge is 0.441 e. The van der Waals surface area contributed by atoms with Gasteiger partial charge in [-0.2, -0.15) is 0 Å². The van der Waals surface area contributed by atoms with Gasteiger partial charge in [-0.25, -0.2) is 4.98 Å². The van der Waals surface area contributed by atoms with E-state index in [1.54, 1.807) is 6.20 Å². The summed E-state index contributed by atoms with van der Waals surface area (Å²) in [5.41, 5.74) is 3.53. The second-order valence-corrected chi connectivity index (χ2v) is 7.66. The first-order valence-electron chi connectivity index (χ1n) is 9.22. The molecule has 1 saturated heterocycles. The third-order valence-corrected chi connectivity index (χ3v) is 5.12. The van der Waals surface area contributed by atoms with E-state index in [1.807, 2.05) is 11.0 Å². The van der Waals surface area contributed by atoms with E-state index in [2.05, 4.69) is 44.8 Å². The molecule has 1 aromatic heterocycles. The van der Waals surface area contributed by atoms with Gasteiger partial charge in [-0.1, -0.05) is 26.0 Å². The zero-order chi connectivity index (χ0) is 18.0. The molecule has 0 bridgehead atoms. The van der Waals surface area contributed by atoms with Crippen LogP contribution in [-0.2, 0) is 11.2 Å². The Morgan fingerprint density at radius 2 is 1.92 bits per heavy atom. The molecule has 1 amide bonds. The lowest BCUT2D eigenvalue weighted by atomic mass is 9.91. The van der Waals surface area contributed by atoms with Gasteiger partial charge < -0.3 is 9.32 Å². The van der Waals surface area contributed by atoms with Crippen molar-refractivity contribution in [1.29, 1.82) is 0 Å². The SMILES string of the molecule is Cc1ccc(-c2cnc(CCC(=O)N3CC(C)CC(C)C3)o2)cc1C. The Hall–Kier alpha value is -2.10. The molecule has 2 atom stereocenters. The summed E-state index contributed by atoms with van der Waals surface area (Å²) < 4.78 is 5.86. The number of carbonyl (C=O) groups is 1. The van der Waals surface area contributed by atoms with Crippen LogP contribution < -0.4 is 0 Å². The topological polar surface area (TPSA) is 46.3 Å². The fourth-order valence-corrected chi connectivity index (χ4v) is 3.69. The van der Waals surface area contributed by atoms with Crippen molar-refractivity contribution < 1.29 is 9.21 Å². The van der Waals surface area contributed by atoms with E-state index in [-0.39, 0.29) is 5.91 Å². The number of nitrogens with zero attached hydrogens (tertiary/aromatic N) is 2. The molecule has 4 heteroatoms. The summed E-state index contributed by atoms with van der Waals surface area (Å²) in [6.45, 7) is 10.4. The van der Waals surface area contributed by atoms with Crippen LogP contribution in [0.25, 0.3) is 11.3 Å². The monoisotopic (exact) mass is 340 g/mol. The molecule has 2 heterocycles. The zero-order valence-electron chi connectivity index (χ0n) is 15.7. The van der Waals surface area contributed by atoms with Crippen molar-refractivity contribution in [3.05, 3.63) is 41.4 Å². The molecular formula is C21H28N2O2. The predicted molar refractivity (Wildman–Crippen MR) is 99.3 cm³/mol. The molecule has 2 unspecified atom stereocenters. The number of hydrogen-bond donors (Lipinski definition) is 0. The third-order valence-electron chi connectivity index (χ3n) is 5.12. The summed E-state index contributed by atoms with van der Waals surface area (Å²) in [5.74, 6) is 2.80. The number of likely N-dealkylation sites (tertiary alicyclic amines) is 1. The third kappa shape index (κ3) is 4.30. The van der Waals surface area contributed by atoms with Gasteiger partial charge in [-0.3, -0.25) is 4.79 Å². The van der Waals surface area contributed by atoms with Crippen molar-refractivity contribution in [2.75, 3.05) is 13.1 Å². The number of aromatic nitrogens is 1. The summed E-state index contributed by atoms with van der Waals surface area (Å²) in [4.78, 5) is 18.8. The number of oxazole rings is 1. The number of rotatable bonds is 4. The summed E-state index contributed by atoms with van der Waals surface area (Å²) in [7, 11) is 0. The van der Waals surface area contributed by atoms with Gasteiger partial charge in [0.05, 0.1) is 6.20 Å². The lowest BCUT2D eigenvalue weighted by molar-refractivity contribution is -0.133. The highest BCUT2D eigenvalue weighted by Crippen LogP contribution is 2.24. The molecule has 134 valence electrons. The van der Waals surface area contributed by atoms with Gasteiger partial charge >= 0.3 is 0 Å². The molecule has 0 spiro atoms. The Labute approximate surface area is 150 Å². The lowest BCUT2D eigenvalue weighted by Crippen LogP contribution is -2.42. The van der Waals surface area contributed by atoms with E-state index >= 15 is 0 Å². The number of hydrogen-bond acceptors (Lipinski definition) is 3. The Kier molecular flexibility index (Phi) is 5.26. The summed E-state index contributed by atoms with van der Waals surface area (Å²) in [6.07, 6.45) is 3.99. The van der Waals surface area contributed by atoms with Crippen LogP contribution in [0, 0.1) is 25.7 Å². The minimum absolute atomic E-state index is 0.212. The summed E-state index contributed by atoms with van der Waals surface area (Å²) >= 11 is 0. The maximum absolute atomic E-state index is 12.5. The Morgan fingerprint density at radius 3 is 2.60 bits per heavy atom. The highest BCUT2D eigenvalue weighted by Gasteiger charge is 2.25. The summed E-state index contributed by atoms with van der Waals surface area (Å²) in [5, 5.41) is 0. The van der Waals surface area contributed by atoms with Crippen LogP contribution in [0.4, 0.5) is 0 Å². The van der Waals surface area contributed by atoms with Gasteiger partial charge in [0.1, 0.15) is 0 Å². The number of benzene rings is 1. The minimum atomic E-state index is 0.212. The highest BCUT2D eigenvalue weighted by molar-refractivity contribution is 5.76. The average Bonchev–Trinajstić information content (AvgIpc) is 3.03. The molecule has 1 aromatic carbocycles. The van der Waals surface area contributed by atoms with E-state index in [4.69, 9.17) is 4.42 Å². The van der Waals surface area contributed by atoms with Crippen LogP contribution in [0.5, 0.6) is 0 Å². The van der Waals surface area contributed by atoms with Crippen LogP contribution in [-0.4, -0.2) is 28.9 Å². The second kappa shape index (κ2) is 7.42. The van der Waals surface area contributed by atoms with Crippen LogP contribution in [0.15, 0.2) is 28.8 Å². The minimum Gasteiger partial charge on any atom is -0.441 e. The van der Waals surface area contributed by atoms with Gasteiger partial charge in [-0.05, 0) is 49.3 Å². The first-order chi connectivity index (χ1) is 11.9. The Bertz CT molecular complexity index is 740. The highest BCUT2D eigenvalue weighted by atomic mass is 16.4. The summed E-state index contributed by atoms with van der Waals surface area (Å²) in [6, 6.07) is 6.25. The predicted octanol–water partition coefficient (Wildman–Crippen LogP) is 4.40. The molecule has 3 rings (SSSR count). The molecule has 1 fully saturated rings. The van der Waals surface area contributed by atoms with Crippen LogP contribution >= 0.6 is 0 Å². The molecule has 2 aromatic rings. The number of aryl methyl sites for hydroxylation is 3. The van der Waals surface area contributed by atoms with Gasteiger partial charge in [0.25, 0.3) is 0 Å². The zero-order valence-corrected chi connectivity index (χ0v) is 15.7. The van der Waals surface area contributed by atoms with E-state index in [0.29, 0.717) is 30.6 Å². The Morgan fingerprint density at radius 1 is 1.20 bits per heavy atom. The number of amides is 1. The van der Waals surface area contributed by atoms with Crippen LogP contribution in [0.2, 0.25) is 0 Å². The average molecular weight is 340 g/mol. The Balaban J connectivity index is 1.60. The van der Waals surface area contributed by atoms with Crippen molar-refractivity contribution in [2.24, 2.45) is 11.8 Å². The van der Waals surface area contributed by atoms with E-state index in [1.165, 1.54) is 17.5 Å². The molecular weight excluding hydrogens is 312 g/mol. The van der Waals surface area contributed by atoms with Gasteiger partial charge in [-0.15, -0.1) is 0 Å². The molecule has 4 nitrogen and oxygen atoms in total. The quantitative estimate of drug-likeness (QED) is 0.829. The first kappa shape index (κ1) is 17.7. The maximum Gasteiger partial charge on any atom is 0.223 e. The molecule has 25 heavy (non-hydrogen) atoms. The standard InChI is InChI=1S/C21H28N2O2/c1-14-9-15(2)13-23(12-14)21(24)8-7-20-22-11-19(25-20)18-6-5-16(3)17(4)10-18/h5-6,10-11,14-15H,7-9,12-13H2,1-4H3. The maximum atomic E-state index is 12.5.